The Hall–Kier alpha value is -1.20. The van der Waals surface area contributed by atoms with Gasteiger partial charge < -0.3 is 11.1 Å². The highest BCUT2D eigenvalue weighted by Crippen LogP contribution is 2.28. The lowest BCUT2D eigenvalue weighted by atomic mass is 10.1. The Morgan fingerprint density at radius 1 is 1.42 bits per heavy atom. The second-order valence-corrected chi connectivity index (χ2v) is 6.03. The van der Waals surface area contributed by atoms with Crippen molar-refractivity contribution in [2.24, 2.45) is 11.7 Å². The molecule has 2 aromatic heterocycles. The van der Waals surface area contributed by atoms with Crippen molar-refractivity contribution in [2.45, 2.75) is 33.1 Å². The van der Waals surface area contributed by atoms with Crippen LogP contribution in [0.5, 0.6) is 0 Å². The molecule has 0 aliphatic carbocycles. The Bertz CT molecular complexity index is 523. The van der Waals surface area contributed by atoms with Gasteiger partial charge in [-0.1, -0.05) is 13.8 Å². The third-order valence-electron chi connectivity index (χ3n) is 3.30. The van der Waals surface area contributed by atoms with Crippen LogP contribution in [0.3, 0.4) is 0 Å². The molecule has 0 spiro atoms. The minimum absolute atomic E-state index is 0.597. The number of hydrogen-bond acceptors (Lipinski definition) is 5. The van der Waals surface area contributed by atoms with E-state index >= 15 is 0 Å². The number of nitrogens with one attached hydrogen (secondary N) is 1. The van der Waals surface area contributed by atoms with Crippen molar-refractivity contribution in [3.63, 3.8) is 0 Å². The van der Waals surface area contributed by atoms with E-state index in [2.05, 4.69) is 35.2 Å². The molecule has 0 saturated heterocycles. The van der Waals surface area contributed by atoms with E-state index in [4.69, 9.17) is 5.73 Å². The molecule has 1 atom stereocenters. The van der Waals surface area contributed by atoms with Crippen LogP contribution in [0.15, 0.2) is 12.4 Å². The maximum atomic E-state index is 5.62. The number of fused-ring (bicyclic) bond motifs is 1. The Morgan fingerprint density at radius 2 is 2.26 bits per heavy atom. The fourth-order valence-electron chi connectivity index (χ4n) is 2.00. The van der Waals surface area contributed by atoms with Gasteiger partial charge in [-0.2, -0.15) is 0 Å². The molecule has 0 bridgehead atoms. The number of anilines is 1. The fourth-order valence-corrected chi connectivity index (χ4v) is 2.93. The maximum absolute atomic E-state index is 5.62. The van der Waals surface area contributed by atoms with Gasteiger partial charge in [0.15, 0.2) is 0 Å². The van der Waals surface area contributed by atoms with Crippen molar-refractivity contribution in [3.05, 3.63) is 17.3 Å². The number of nitrogens with two attached hydrogens (primary N) is 1. The molecule has 2 rings (SSSR count). The van der Waals surface area contributed by atoms with Crippen LogP contribution in [0.2, 0.25) is 0 Å². The van der Waals surface area contributed by atoms with Crippen LogP contribution in [-0.4, -0.2) is 23.1 Å². The summed E-state index contributed by atoms with van der Waals surface area (Å²) in [7, 11) is 0. The van der Waals surface area contributed by atoms with Gasteiger partial charge in [-0.05, 0) is 37.8 Å². The number of hydrogen-bond donors (Lipinski definition) is 2. The molecule has 1 unspecified atom stereocenters. The van der Waals surface area contributed by atoms with Crippen LogP contribution in [0.4, 0.5) is 5.82 Å². The lowest BCUT2D eigenvalue weighted by Crippen LogP contribution is -2.12. The highest BCUT2D eigenvalue weighted by molar-refractivity contribution is 7.18. The van der Waals surface area contributed by atoms with Gasteiger partial charge >= 0.3 is 0 Å². The lowest BCUT2D eigenvalue weighted by Gasteiger charge is -2.09. The van der Waals surface area contributed by atoms with Gasteiger partial charge in [-0.25, -0.2) is 9.97 Å². The quantitative estimate of drug-likeness (QED) is 0.764. The average molecular weight is 278 g/mol. The topological polar surface area (TPSA) is 63.8 Å². The van der Waals surface area contributed by atoms with Gasteiger partial charge in [0, 0.05) is 11.4 Å². The molecule has 0 aliphatic heterocycles. The summed E-state index contributed by atoms with van der Waals surface area (Å²) in [5, 5.41) is 4.57. The molecule has 104 valence electrons. The Kier molecular flexibility index (Phi) is 5.10. The number of nitrogens with zero attached hydrogens (tertiary/aromatic N) is 2. The molecular weight excluding hydrogens is 256 g/mol. The summed E-state index contributed by atoms with van der Waals surface area (Å²) in [5.41, 5.74) is 5.62. The molecule has 0 saturated carbocycles. The van der Waals surface area contributed by atoms with Crippen LogP contribution in [-0.2, 0) is 6.42 Å². The minimum Gasteiger partial charge on any atom is -0.369 e. The number of aromatic nitrogens is 2. The molecule has 19 heavy (non-hydrogen) atoms. The Balaban J connectivity index is 1.98. The number of aryl methyl sites for hydroxylation is 1. The lowest BCUT2D eigenvalue weighted by molar-refractivity contribution is 0.529. The second-order valence-electron chi connectivity index (χ2n) is 4.92. The van der Waals surface area contributed by atoms with Gasteiger partial charge in [0.05, 0.1) is 5.39 Å². The summed E-state index contributed by atoms with van der Waals surface area (Å²) in [6.07, 6.45) is 4.97. The normalized spacial score (nSPS) is 12.8. The highest BCUT2D eigenvalue weighted by Gasteiger charge is 2.07. The van der Waals surface area contributed by atoms with Crippen molar-refractivity contribution in [3.8, 4) is 0 Å². The standard InChI is InChI=1S/C14H22N4S/c1-3-11-7-12-13(17-9-18-14(12)19-11)16-6-4-5-10(2)8-15/h7,9-10H,3-6,8,15H2,1-2H3,(H,16,17,18). The first-order valence-electron chi connectivity index (χ1n) is 6.92. The van der Waals surface area contributed by atoms with Crippen LogP contribution in [0.25, 0.3) is 10.2 Å². The van der Waals surface area contributed by atoms with Gasteiger partial charge in [-0.15, -0.1) is 11.3 Å². The van der Waals surface area contributed by atoms with E-state index in [9.17, 15) is 0 Å². The predicted molar refractivity (Wildman–Crippen MR) is 82.7 cm³/mol. The summed E-state index contributed by atoms with van der Waals surface area (Å²) in [6.45, 7) is 6.06. The highest BCUT2D eigenvalue weighted by atomic mass is 32.1. The van der Waals surface area contributed by atoms with E-state index in [0.29, 0.717) is 5.92 Å². The third-order valence-corrected chi connectivity index (χ3v) is 4.48. The van der Waals surface area contributed by atoms with Crippen LogP contribution >= 0.6 is 11.3 Å². The molecule has 0 fully saturated rings. The number of thiophene rings is 1. The molecule has 0 amide bonds. The second kappa shape index (κ2) is 6.82. The molecule has 0 radical (unpaired) electrons. The average Bonchev–Trinajstić information content (AvgIpc) is 2.87. The molecule has 2 aromatic rings. The van der Waals surface area contributed by atoms with E-state index in [0.717, 1.165) is 48.4 Å². The SMILES string of the molecule is CCc1cc2c(NCCCC(C)CN)ncnc2s1. The summed E-state index contributed by atoms with van der Waals surface area (Å²) >= 11 is 1.75. The predicted octanol–water partition coefficient (Wildman–Crippen LogP) is 3.04. The molecular formula is C14H22N4S. The summed E-state index contributed by atoms with van der Waals surface area (Å²) in [5.74, 6) is 1.56. The van der Waals surface area contributed by atoms with Crippen molar-refractivity contribution < 1.29 is 0 Å². The zero-order valence-electron chi connectivity index (χ0n) is 11.6. The Labute approximate surface area is 118 Å². The van der Waals surface area contributed by atoms with Crippen molar-refractivity contribution in [2.75, 3.05) is 18.4 Å². The zero-order valence-corrected chi connectivity index (χ0v) is 12.5. The molecule has 5 heteroatoms. The molecule has 4 nitrogen and oxygen atoms in total. The largest absolute Gasteiger partial charge is 0.369 e. The van der Waals surface area contributed by atoms with Gasteiger partial charge in [0.1, 0.15) is 17.0 Å². The number of rotatable bonds is 7. The van der Waals surface area contributed by atoms with Gasteiger partial charge in [-0.3, -0.25) is 0 Å². The van der Waals surface area contributed by atoms with Crippen molar-refractivity contribution >= 4 is 27.4 Å². The van der Waals surface area contributed by atoms with Crippen LogP contribution in [0.1, 0.15) is 31.6 Å². The Morgan fingerprint density at radius 3 is 3.00 bits per heavy atom. The summed E-state index contributed by atoms with van der Waals surface area (Å²) in [4.78, 5) is 11.1. The van der Waals surface area contributed by atoms with Crippen molar-refractivity contribution in [1.82, 2.24) is 9.97 Å². The van der Waals surface area contributed by atoms with E-state index in [1.165, 1.54) is 4.88 Å². The van der Waals surface area contributed by atoms with E-state index in [1.54, 1.807) is 17.7 Å². The maximum Gasteiger partial charge on any atom is 0.138 e. The molecule has 3 N–H and O–H groups in total. The minimum atomic E-state index is 0.597. The zero-order chi connectivity index (χ0) is 13.7. The third kappa shape index (κ3) is 3.64. The summed E-state index contributed by atoms with van der Waals surface area (Å²) < 4.78 is 0. The van der Waals surface area contributed by atoms with E-state index in [1.807, 2.05) is 0 Å². The van der Waals surface area contributed by atoms with Gasteiger partial charge in [0.25, 0.3) is 0 Å². The summed E-state index contributed by atoms with van der Waals surface area (Å²) in [6, 6.07) is 2.20. The first-order valence-corrected chi connectivity index (χ1v) is 7.73. The monoisotopic (exact) mass is 278 g/mol. The first kappa shape index (κ1) is 14.2. The van der Waals surface area contributed by atoms with Crippen LogP contribution in [0, 0.1) is 5.92 Å². The molecule has 2 heterocycles. The molecule has 0 aliphatic rings. The first-order chi connectivity index (χ1) is 9.24. The smallest absolute Gasteiger partial charge is 0.138 e. The molecule has 0 aromatic carbocycles. The van der Waals surface area contributed by atoms with Gasteiger partial charge in [0.2, 0.25) is 0 Å². The van der Waals surface area contributed by atoms with E-state index in [-0.39, 0.29) is 0 Å². The fraction of sp³-hybridized carbons (Fsp3) is 0.571. The van der Waals surface area contributed by atoms with Crippen molar-refractivity contribution in [1.29, 1.82) is 0 Å². The van der Waals surface area contributed by atoms with Crippen LogP contribution < -0.4 is 11.1 Å². The van der Waals surface area contributed by atoms with E-state index < -0.39 is 0 Å².